The van der Waals surface area contributed by atoms with Gasteiger partial charge in [-0.3, -0.25) is 0 Å². The highest BCUT2D eigenvalue weighted by atomic mass is 32.2. The Kier molecular flexibility index (Phi) is 5.32. The second kappa shape index (κ2) is 7.14. The molecule has 0 aromatic heterocycles. The molecule has 0 spiro atoms. The fraction of sp³-hybridized carbons (Fsp3) is 0.647. The van der Waals surface area contributed by atoms with Gasteiger partial charge in [0.05, 0.1) is 11.7 Å². The second-order valence-corrected chi connectivity index (χ2v) is 9.98. The highest BCUT2D eigenvalue weighted by molar-refractivity contribution is 7.99. The van der Waals surface area contributed by atoms with E-state index in [-0.39, 0.29) is 6.04 Å². The molecule has 0 unspecified atom stereocenters. The quantitative estimate of drug-likeness (QED) is 0.819. The van der Waals surface area contributed by atoms with Crippen LogP contribution >= 0.6 is 11.8 Å². The summed E-state index contributed by atoms with van der Waals surface area (Å²) in [4.78, 5) is 2.51. The summed E-state index contributed by atoms with van der Waals surface area (Å²) in [5, 5.41) is 0. The van der Waals surface area contributed by atoms with E-state index in [4.69, 9.17) is 4.74 Å². The Balaban J connectivity index is 2.04. The molecule has 2 aliphatic rings. The molecule has 0 amide bonds. The number of thioether (sulfide) groups is 1. The number of ether oxygens (including phenoxy) is 1. The summed E-state index contributed by atoms with van der Waals surface area (Å²) in [6.45, 7) is 6.36. The molecule has 0 radical (unpaired) electrons. The van der Waals surface area contributed by atoms with Gasteiger partial charge < -0.3 is 9.64 Å². The summed E-state index contributed by atoms with van der Waals surface area (Å²) < 4.78 is 34.0. The van der Waals surface area contributed by atoms with Crippen molar-refractivity contribution >= 4 is 27.5 Å². The van der Waals surface area contributed by atoms with Gasteiger partial charge in [-0.2, -0.15) is 16.1 Å². The normalized spacial score (nSPS) is 24.3. The van der Waals surface area contributed by atoms with Crippen molar-refractivity contribution in [3.8, 4) is 5.75 Å². The smallest absolute Gasteiger partial charge is 0.248 e. The zero-order valence-corrected chi connectivity index (χ0v) is 16.2. The van der Waals surface area contributed by atoms with Crippen LogP contribution in [-0.2, 0) is 10.0 Å². The minimum atomic E-state index is -3.57. The topological polar surface area (TPSA) is 49.9 Å². The van der Waals surface area contributed by atoms with Crippen LogP contribution in [-0.4, -0.2) is 57.0 Å². The van der Waals surface area contributed by atoms with Crippen molar-refractivity contribution in [2.24, 2.45) is 5.92 Å². The summed E-state index contributed by atoms with van der Waals surface area (Å²) in [5.74, 6) is 2.95. The minimum absolute atomic E-state index is 0.132. The number of rotatable bonds is 3. The molecule has 24 heavy (non-hydrogen) atoms. The molecule has 1 saturated heterocycles. The van der Waals surface area contributed by atoms with E-state index in [9.17, 15) is 8.42 Å². The minimum Gasteiger partial charge on any atom is -0.490 e. The summed E-state index contributed by atoms with van der Waals surface area (Å²) in [6.07, 6.45) is 0.791. The molecule has 1 fully saturated rings. The van der Waals surface area contributed by atoms with Crippen molar-refractivity contribution in [3.05, 3.63) is 18.2 Å². The predicted molar refractivity (Wildman–Crippen MR) is 99.7 cm³/mol. The number of hydrogen-bond donors (Lipinski definition) is 0. The van der Waals surface area contributed by atoms with Gasteiger partial charge in [-0.1, -0.05) is 19.9 Å². The first-order chi connectivity index (χ1) is 11.4. The van der Waals surface area contributed by atoms with E-state index in [1.54, 1.807) is 13.1 Å². The van der Waals surface area contributed by atoms with Gasteiger partial charge in [-0.25, -0.2) is 8.42 Å². The molecule has 2 aliphatic heterocycles. The third-order valence-electron chi connectivity index (χ3n) is 4.64. The largest absolute Gasteiger partial charge is 0.490 e. The maximum atomic E-state index is 13.3. The van der Waals surface area contributed by atoms with Gasteiger partial charge in [-0.05, 0) is 24.5 Å². The Bertz CT molecular complexity index is 685. The Hall–Kier alpha value is -0.920. The van der Waals surface area contributed by atoms with Crippen LogP contribution < -0.4 is 9.64 Å². The molecule has 0 bridgehead atoms. The van der Waals surface area contributed by atoms with Crippen LogP contribution in [0.1, 0.15) is 20.3 Å². The van der Waals surface area contributed by atoms with E-state index in [2.05, 4.69) is 18.7 Å². The van der Waals surface area contributed by atoms with E-state index >= 15 is 0 Å². The number of anilines is 1. The first-order valence-electron chi connectivity index (χ1n) is 8.48. The zero-order chi connectivity index (χ0) is 17.3. The Labute approximate surface area is 149 Å². The Morgan fingerprint density at radius 1 is 1.29 bits per heavy atom. The number of sulfonamides is 1. The predicted octanol–water partition coefficient (Wildman–Crippen LogP) is 2.67. The van der Waals surface area contributed by atoms with Gasteiger partial charge in [0.1, 0.15) is 17.3 Å². The van der Waals surface area contributed by atoms with Crippen LogP contribution in [0.2, 0.25) is 0 Å². The van der Waals surface area contributed by atoms with Crippen LogP contribution in [0.4, 0.5) is 5.69 Å². The van der Waals surface area contributed by atoms with Crippen molar-refractivity contribution in [3.63, 3.8) is 0 Å². The molecular weight excluding hydrogens is 344 g/mol. The highest BCUT2D eigenvalue weighted by Gasteiger charge is 2.37. The number of nitrogens with zero attached hydrogens (tertiary/aromatic N) is 2. The van der Waals surface area contributed by atoms with E-state index < -0.39 is 10.0 Å². The van der Waals surface area contributed by atoms with Crippen LogP contribution in [0.15, 0.2) is 23.1 Å². The standard InChI is InChI=1S/C17H26N2O3S2/c1-13(2)11-14-12-22-16-6-4-5-15(19-7-9-23-10-8-19)17(16)24(20,21)18(14)3/h4-6,13-14H,7-12H2,1-3H3/t14-/m1/s1. The van der Waals surface area contributed by atoms with E-state index in [1.807, 2.05) is 23.9 Å². The summed E-state index contributed by atoms with van der Waals surface area (Å²) in [5.41, 5.74) is 0.782. The average molecular weight is 371 g/mol. The van der Waals surface area contributed by atoms with Crippen LogP contribution in [0, 0.1) is 5.92 Å². The highest BCUT2D eigenvalue weighted by Crippen LogP contribution is 2.39. The average Bonchev–Trinajstić information content (AvgIpc) is 2.66. The fourth-order valence-electron chi connectivity index (χ4n) is 3.32. The van der Waals surface area contributed by atoms with Crippen LogP contribution in [0.5, 0.6) is 5.75 Å². The number of fused-ring (bicyclic) bond motifs is 1. The second-order valence-electron chi connectivity index (χ2n) is 6.82. The molecule has 2 heterocycles. The van der Waals surface area contributed by atoms with Crippen molar-refractivity contribution in [2.45, 2.75) is 31.2 Å². The van der Waals surface area contributed by atoms with Crippen molar-refractivity contribution in [1.29, 1.82) is 0 Å². The summed E-state index contributed by atoms with van der Waals surface area (Å²) in [7, 11) is -1.89. The fourth-order valence-corrected chi connectivity index (χ4v) is 5.90. The van der Waals surface area contributed by atoms with Crippen LogP contribution in [0.3, 0.4) is 0 Å². The number of likely N-dealkylation sites (N-methyl/N-ethyl adjacent to an activating group) is 1. The third kappa shape index (κ3) is 3.39. The molecule has 134 valence electrons. The lowest BCUT2D eigenvalue weighted by Crippen LogP contribution is -2.40. The molecule has 1 aromatic carbocycles. The van der Waals surface area contributed by atoms with Gasteiger partial charge in [0.15, 0.2) is 0 Å². The van der Waals surface area contributed by atoms with E-state index in [0.717, 1.165) is 36.7 Å². The SMILES string of the molecule is CC(C)C[C@@H]1COc2cccc(N3CCSCC3)c2S(=O)(=O)N1C. The molecule has 0 aliphatic carbocycles. The lowest BCUT2D eigenvalue weighted by Gasteiger charge is -2.31. The first-order valence-corrected chi connectivity index (χ1v) is 11.1. The molecule has 3 rings (SSSR count). The molecule has 7 heteroatoms. The maximum absolute atomic E-state index is 13.3. The maximum Gasteiger partial charge on any atom is 0.248 e. The van der Waals surface area contributed by atoms with Gasteiger partial charge in [0.2, 0.25) is 10.0 Å². The Morgan fingerprint density at radius 2 is 2.00 bits per heavy atom. The summed E-state index contributed by atoms with van der Waals surface area (Å²) in [6, 6.07) is 5.45. The molecule has 0 N–H and O–H groups in total. The monoisotopic (exact) mass is 370 g/mol. The van der Waals surface area contributed by atoms with Crippen molar-refractivity contribution in [2.75, 3.05) is 43.1 Å². The van der Waals surface area contributed by atoms with Gasteiger partial charge in [-0.15, -0.1) is 0 Å². The van der Waals surface area contributed by atoms with E-state index in [1.165, 1.54) is 4.31 Å². The number of benzene rings is 1. The van der Waals surface area contributed by atoms with Gasteiger partial charge in [0, 0.05) is 31.6 Å². The molecular formula is C17H26N2O3S2. The molecule has 0 saturated carbocycles. The lowest BCUT2D eigenvalue weighted by atomic mass is 10.0. The van der Waals surface area contributed by atoms with Crippen molar-refractivity contribution < 1.29 is 13.2 Å². The summed E-state index contributed by atoms with van der Waals surface area (Å²) >= 11 is 1.91. The lowest BCUT2D eigenvalue weighted by molar-refractivity contribution is 0.207. The van der Waals surface area contributed by atoms with Gasteiger partial charge in [0.25, 0.3) is 0 Å². The molecule has 5 nitrogen and oxygen atoms in total. The Morgan fingerprint density at radius 3 is 2.67 bits per heavy atom. The van der Waals surface area contributed by atoms with Crippen LogP contribution in [0.25, 0.3) is 0 Å². The van der Waals surface area contributed by atoms with Crippen molar-refractivity contribution in [1.82, 2.24) is 4.31 Å². The zero-order valence-electron chi connectivity index (χ0n) is 14.6. The number of hydrogen-bond acceptors (Lipinski definition) is 5. The first kappa shape index (κ1) is 17.9. The van der Waals surface area contributed by atoms with Gasteiger partial charge >= 0.3 is 0 Å². The molecule has 1 atom stereocenters. The van der Waals surface area contributed by atoms with E-state index in [0.29, 0.717) is 23.2 Å². The molecule has 1 aromatic rings. The third-order valence-corrected chi connectivity index (χ3v) is 7.56.